The van der Waals surface area contributed by atoms with Crippen LogP contribution in [0.3, 0.4) is 0 Å². The van der Waals surface area contributed by atoms with E-state index in [1.807, 2.05) is 25.1 Å². The molecule has 0 aliphatic heterocycles. The first-order valence-corrected chi connectivity index (χ1v) is 6.40. The Hall–Kier alpha value is -1.88. The second kappa shape index (κ2) is 5.84. The Bertz CT molecular complexity index is 483. The van der Waals surface area contributed by atoms with Crippen molar-refractivity contribution in [3.8, 4) is 0 Å². The third-order valence-electron chi connectivity index (χ3n) is 3.12. The molecule has 1 aliphatic carbocycles. The molecule has 1 aromatic rings. The van der Waals surface area contributed by atoms with Gasteiger partial charge >= 0.3 is 11.8 Å². The second-order valence-corrected chi connectivity index (χ2v) is 4.83. The molecule has 1 unspecified atom stereocenters. The van der Waals surface area contributed by atoms with Crippen molar-refractivity contribution in [2.24, 2.45) is 0 Å². The average molecular weight is 262 g/mol. The van der Waals surface area contributed by atoms with E-state index in [4.69, 9.17) is 0 Å². The minimum atomic E-state index is -0.807. The first-order valence-electron chi connectivity index (χ1n) is 6.40. The van der Waals surface area contributed by atoms with E-state index >= 15 is 0 Å². The van der Waals surface area contributed by atoms with E-state index in [9.17, 15) is 14.7 Å². The fraction of sp³-hybridized carbons (Fsp3) is 0.429. The summed E-state index contributed by atoms with van der Waals surface area (Å²) in [6, 6.07) is 7.55. The number of carbonyl (C=O) groups excluding carboxylic acids is 2. The molecule has 3 N–H and O–H groups in total. The molecule has 1 fully saturated rings. The Morgan fingerprint density at radius 2 is 2.00 bits per heavy atom. The lowest BCUT2D eigenvalue weighted by Gasteiger charge is -2.14. The van der Waals surface area contributed by atoms with Crippen molar-refractivity contribution in [2.75, 3.05) is 6.54 Å². The molecule has 0 radical (unpaired) electrons. The number of rotatable bonds is 4. The molecule has 1 aliphatic rings. The molecule has 1 aromatic carbocycles. The molecule has 5 nitrogen and oxygen atoms in total. The Morgan fingerprint density at radius 3 is 2.63 bits per heavy atom. The van der Waals surface area contributed by atoms with Gasteiger partial charge < -0.3 is 15.7 Å². The van der Waals surface area contributed by atoms with Gasteiger partial charge in [-0.15, -0.1) is 0 Å². The molecule has 0 heterocycles. The highest BCUT2D eigenvalue weighted by molar-refractivity contribution is 6.35. The van der Waals surface area contributed by atoms with Crippen molar-refractivity contribution < 1.29 is 14.7 Å². The first-order chi connectivity index (χ1) is 9.08. The van der Waals surface area contributed by atoms with Gasteiger partial charge in [-0.05, 0) is 30.9 Å². The maximum Gasteiger partial charge on any atom is 0.309 e. The van der Waals surface area contributed by atoms with Crippen LogP contribution >= 0.6 is 0 Å². The number of aliphatic hydroxyl groups excluding tert-OH is 1. The van der Waals surface area contributed by atoms with Gasteiger partial charge in [0.05, 0.1) is 6.10 Å². The number of aliphatic hydroxyl groups is 1. The molecule has 0 spiro atoms. The van der Waals surface area contributed by atoms with Crippen molar-refractivity contribution in [1.82, 2.24) is 10.6 Å². The van der Waals surface area contributed by atoms with Gasteiger partial charge in [-0.2, -0.15) is 0 Å². The topological polar surface area (TPSA) is 78.4 Å². The van der Waals surface area contributed by atoms with Crippen LogP contribution in [0, 0.1) is 6.92 Å². The van der Waals surface area contributed by atoms with Crippen LogP contribution in [0.2, 0.25) is 0 Å². The molecule has 5 heteroatoms. The molecule has 1 atom stereocenters. The van der Waals surface area contributed by atoms with E-state index in [2.05, 4.69) is 10.6 Å². The molecular weight excluding hydrogens is 244 g/mol. The number of hydrogen-bond donors (Lipinski definition) is 3. The highest BCUT2D eigenvalue weighted by atomic mass is 16.3. The number of hydrogen-bond acceptors (Lipinski definition) is 3. The fourth-order valence-corrected chi connectivity index (χ4v) is 1.82. The zero-order valence-corrected chi connectivity index (χ0v) is 10.8. The van der Waals surface area contributed by atoms with E-state index in [0.29, 0.717) is 0 Å². The number of amides is 2. The van der Waals surface area contributed by atoms with Crippen LogP contribution in [0.15, 0.2) is 24.3 Å². The van der Waals surface area contributed by atoms with Crippen molar-refractivity contribution >= 4 is 11.8 Å². The summed E-state index contributed by atoms with van der Waals surface area (Å²) < 4.78 is 0. The monoisotopic (exact) mass is 262 g/mol. The van der Waals surface area contributed by atoms with Crippen LogP contribution < -0.4 is 10.6 Å². The van der Waals surface area contributed by atoms with E-state index in [-0.39, 0.29) is 12.6 Å². The largest absolute Gasteiger partial charge is 0.387 e. The van der Waals surface area contributed by atoms with Gasteiger partial charge in [0.2, 0.25) is 0 Å². The van der Waals surface area contributed by atoms with Crippen molar-refractivity contribution in [1.29, 1.82) is 0 Å². The summed E-state index contributed by atoms with van der Waals surface area (Å²) in [7, 11) is 0. The highest BCUT2D eigenvalue weighted by Crippen LogP contribution is 2.18. The number of benzene rings is 1. The summed E-state index contributed by atoms with van der Waals surface area (Å²) in [6.07, 6.45) is 1.06. The van der Waals surface area contributed by atoms with Crippen molar-refractivity contribution in [2.45, 2.75) is 31.9 Å². The van der Waals surface area contributed by atoms with E-state index in [1.165, 1.54) is 0 Å². The van der Waals surface area contributed by atoms with Crippen LogP contribution in [0.5, 0.6) is 0 Å². The molecule has 2 amide bonds. The zero-order valence-electron chi connectivity index (χ0n) is 10.8. The summed E-state index contributed by atoms with van der Waals surface area (Å²) in [5.41, 5.74) is 1.71. The van der Waals surface area contributed by atoms with Crippen LogP contribution in [0.1, 0.15) is 30.1 Å². The summed E-state index contributed by atoms with van der Waals surface area (Å²) in [5, 5.41) is 15.0. The Labute approximate surface area is 112 Å². The Balaban J connectivity index is 1.82. The molecule has 0 bridgehead atoms. The highest BCUT2D eigenvalue weighted by Gasteiger charge is 2.26. The Morgan fingerprint density at radius 1 is 1.32 bits per heavy atom. The van der Waals surface area contributed by atoms with Crippen molar-refractivity contribution in [3.63, 3.8) is 0 Å². The average Bonchev–Trinajstić information content (AvgIpc) is 3.20. The summed E-state index contributed by atoms with van der Waals surface area (Å²) >= 11 is 0. The van der Waals surface area contributed by atoms with Gasteiger partial charge in [0.1, 0.15) is 0 Å². The lowest BCUT2D eigenvalue weighted by atomic mass is 10.0. The molecule has 19 heavy (non-hydrogen) atoms. The van der Waals surface area contributed by atoms with Gasteiger partial charge in [0.25, 0.3) is 0 Å². The zero-order chi connectivity index (χ0) is 13.8. The normalized spacial score (nSPS) is 15.7. The predicted octanol–water partition coefficient (Wildman–Crippen LogP) is 0.423. The van der Waals surface area contributed by atoms with Crippen LogP contribution in [0.25, 0.3) is 0 Å². The van der Waals surface area contributed by atoms with E-state index < -0.39 is 17.9 Å². The molecule has 102 valence electrons. The fourth-order valence-electron chi connectivity index (χ4n) is 1.82. The maximum absolute atomic E-state index is 11.5. The predicted molar refractivity (Wildman–Crippen MR) is 70.3 cm³/mol. The third kappa shape index (κ3) is 3.79. The smallest absolute Gasteiger partial charge is 0.309 e. The summed E-state index contributed by atoms with van der Waals surface area (Å²) in [4.78, 5) is 22.9. The molecule has 0 saturated heterocycles. The van der Waals surface area contributed by atoms with Crippen LogP contribution in [0.4, 0.5) is 0 Å². The number of aryl methyl sites for hydroxylation is 1. The van der Waals surface area contributed by atoms with Crippen LogP contribution in [-0.2, 0) is 9.59 Å². The second-order valence-electron chi connectivity index (χ2n) is 4.83. The lowest BCUT2D eigenvalue weighted by Crippen LogP contribution is -2.42. The quantitative estimate of drug-likeness (QED) is 0.688. The molecule has 0 aromatic heterocycles. The first kappa shape index (κ1) is 13.5. The van der Waals surface area contributed by atoms with Crippen molar-refractivity contribution in [3.05, 3.63) is 35.4 Å². The molecule has 1 saturated carbocycles. The van der Waals surface area contributed by atoms with Gasteiger partial charge in [-0.1, -0.05) is 24.3 Å². The summed E-state index contributed by atoms with van der Waals surface area (Å²) in [5.74, 6) is -1.32. The molecule has 2 rings (SSSR count). The molecular formula is C14H18N2O3. The van der Waals surface area contributed by atoms with Gasteiger partial charge in [-0.3, -0.25) is 9.59 Å². The SMILES string of the molecule is Cc1ccccc1C(O)CNC(=O)C(=O)NC1CC1. The van der Waals surface area contributed by atoms with Gasteiger partial charge in [0.15, 0.2) is 0 Å². The standard InChI is InChI=1S/C14H18N2O3/c1-9-4-2-3-5-11(9)12(17)8-15-13(18)14(19)16-10-6-7-10/h2-5,10,12,17H,6-8H2,1H3,(H,15,18)(H,16,19). The van der Waals surface area contributed by atoms with E-state index in [0.717, 1.165) is 24.0 Å². The van der Waals surface area contributed by atoms with Gasteiger partial charge in [-0.25, -0.2) is 0 Å². The minimum Gasteiger partial charge on any atom is -0.387 e. The van der Waals surface area contributed by atoms with E-state index in [1.54, 1.807) is 6.07 Å². The summed E-state index contributed by atoms with van der Waals surface area (Å²) in [6.45, 7) is 1.92. The van der Waals surface area contributed by atoms with Gasteiger partial charge in [0, 0.05) is 12.6 Å². The maximum atomic E-state index is 11.5. The van der Waals surface area contributed by atoms with Crippen LogP contribution in [-0.4, -0.2) is 29.5 Å². The number of carbonyl (C=O) groups is 2. The number of nitrogens with one attached hydrogen (secondary N) is 2. The third-order valence-corrected chi connectivity index (χ3v) is 3.12. The minimum absolute atomic E-state index is 0.0295. The lowest BCUT2D eigenvalue weighted by molar-refractivity contribution is -0.139. The Kier molecular flexibility index (Phi) is 4.16.